The van der Waals surface area contributed by atoms with Crippen LogP contribution in [0, 0.1) is 5.82 Å². The Hall–Kier alpha value is -3.44. The second-order valence-corrected chi connectivity index (χ2v) is 11.9. The highest BCUT2D eigenvalue weighted by atomic mass is 35.5. The zero-order valence-corrected chi connectivity index (χ0v) is 23.1. The summed E-state index contributed by atoms with van der Waals surface area (Å²) in [5, 5.41) is -0.314. The largest absolute Gasteiger partial charge is 0.334 e. The van der Waals surface area contributed by atoms with Gasteiger partial charge in [0.15, 0.2) is 5.65 Å². The molecule has 0 aliphatic carbocycles. The summed E-state index contributed by atoms with van der Waals surface area (Å²) < 4.78 is 41.7. The van der Waals surface area contributed by atoms with Crippen LogP contribution in [-0.4, -0.2) is 38.7 Å². The number of H-pyrrole nitrogens is 1. The van der Waals surface area contributed by atoms with Crippen molar-refractivity contribution in [1.29, 1.82) is 0 Å². The van der Waals surface area contributed by atoms with Gasteiger partial charge < -0.3 is 0 Å². The van der Waals surface area contributed by atoms with Gasteiger partial charge in [0, 0.05) is 5.56 Å². The number of halogens is 2. The lowest BCUT2D eigenvalue weighted by atomic mass is 10.0. The molecule has 38 heavy (non-hydrogen) atoms. The number of hydrogen-bond acceptors (Lipinski definition) is 7. The van der Waals surface area contributed by atoms with Gasteiger partial charge in [-0.25, -0.2) is 37.1 Å². The molecule has 0 aliphatic rings. The van der Waals surface area contributed by atoms with Crippen LogP contribution in [0.3, 0.4) is 0 Å². The van der Waals surface area contributed by atoms with Crippen LogP contribution >= 0.6 is 11.6 Å². The van der Waals surface area contributed by atoms with Crippen molar-refractivity contribution in [1.82, 2.24) is 24.5 Å². The Kier molecular flexibility index (Phi) is 7.53. The Morgan fingerprint density at radius 2 is 1.63 bits per heavy atom. The van der Waals surface area contributed by atoms with Crippen molar-refractivity contribution in [2.45, 2.75) is 58.0 Å². The maximum atomic E-state index is 14.7. The van der Waals surface area contributed by atoms with Crippen molar-refractivity contribution in [3.63, 3.8) is 0 Å². The molecule has 0 fully saturated rings. The number of rotatable bonds is 7. The number of aromatic nitrogens is 5. The van der Waals surface area contributed by atoms with E-state index in [1.54, 1.807) is 40.7 Å². The van der Waals surface area contributed by atoms with E-state index in [0.29, 0.717) is 6.42 Å². The standard InChI is InChI=1S/C26H27ClFN5O4S/c1-6-11-38(36,37)25-30-19(13(2)3)22(20(31-25)14(4)5)33-23-16(24(34)32-26(33)35)12-17(27)21(29-23)15-9-7-8-10-18(15)28/h7-10,12-14H,6,11H2,1-5H3,(H,32,34,35). The number of nitrogens with zero attached hydrogens (tertiary/aromatic N) is 4. The van der Waals surface area contributed by atoms with Gasteiger partial charge >= 0.3 is 5.69 Å². The van der Waals surface area contributed by atoms with Gasteiger partial charge in [-0.3, -0.25) is 9.78 Å². The lowest BCUT2D eigenvalue weighted by Gasteiger charge is -2.21. The minimum Gasteiger partial charge on any atom is -0.273 e. The Morgan fingerprint density at radius 1 is 1.03 bits per heavy atom. The van der Waals surface area contributed by atoms with Crippen molar-refractivity contribution in [2.75, 3.05) is 5.75 Å². The van der Waals surface area contributed by atoms with E-state index in [-0.39, 0.29) is 67.1 Å². The molecule has 9 nitrogen and oxygen atoms in total. The first kappa shape index (κ1) is 27.6. The van der Waals surface area contributed by atoms with Gasteiger partial charge in [-0.2, -0.15) is 0 Å². The van der Waals surface area contributed by atoms with Crippen molar-refractivity contribution >= 4 is 32.5 Å². The van der Waals surface area contributed by atoms with Crippen LogP contribution in [0.15, 0.2) is 45.1 Å². The van der Waals surface area contributed by atoms with Crippen LogP contribution < -0.4 is 11.2 Å². The summed E-state index contributed by atoms with van der Waals surface area (Å²) in [6.45, 7) is 8.97. The normalized spacial score (nSPS) is 12.1. The number of hydrogen-bond donors (Lipinski definition) is 1. The molecule has 1 aromatic carbocycles. The van der Waals surface area contributed by atoms with E-state index in [0.717, 1.165) is 4.57 Å². The third kappa shape index (κ3) is 4.88. The second-order valence-electron chi connectivity index (χ2n) is 9.52. The maximum absolute atomic E-state index is 14.7. The van der Waals surface area contributed by atoms with Crippen LogP contribution in [-0.2, 0) is 9.84 Å². The molecule has 0 saturated heterocycles. The zero-order valence-electron chi connectivity index (χ0n) is 21.5. The van der Waals surface area contributed by atoms with Gasteiger partial charge in [-0.15, -0.1) is 0 Å². The van der Waals surface area contributed by atoms with Gasteiger partial charge in [0.1, 0.15) is 5.82 Å². The molecule has 0 spiro atoms. The highest BCUT2D eigenvalue weighted by Crippen LogP contribution is 2.33. The zero-order chi connectivity index (χ0) is 27.9. The van der Waals surface area contributed by atoms with E-state index in [4.69, 9.17) is 11.6 Å². The monoisotopic (exact) mass is 559 g/mol. The quantitative estimate of drug-likeness (QED) is 0.323. The van der Waals surface area contributed by atoms with Gasteiger partial charge in [0.25, 0.3) is 5.56 Å². The first-order chi connectivity index (χ1) is 17.9. The van der Waals surface area contributed by atoms with Crippen LogP contribution in [0.4, 0.5) is 4.39 Å². The van der Waals surface area contributed by atoms with Crippen LogP contribution in [0.5, 0.6) is 0 Å². The number of fused-ring (bicyclic) bond motifs is 1. The average Bonchev–Trinajstić information content (AvgIpc) is 2.84. The number of aromatic amines is 1. The third-order valence-electron chi connectivity index (χ3n) is 5.95. The number of sulfone groups is 1. The van der Waals surface area contributed by atoms with Crippen molar-refractivity contribution in [3.05, 3.63) is 73.4 Å². The van der Waals surface area contributed by atoms with Gasteiger partial charge in [0.05, 0.1) is 38.9 Å². The minimum atomic E-state index is -3.78. The highest BCUT2D eigenvalue weighted by molar-refractivity contribution is 7.91. The summed E-state index contributed by atoms with van der Waals surface area (Å²) >= 11 is 6.42. The first-order valence-electron chi connectivity index (χ1n) is 12.1. The molecule has 0 unspecified atom stereocenters. The molecule has 0 radical (unpaired) electrons. The number of pyridine rings is 1. The molecule has 3 aromatic heterocycles. The summed E-state index contributed by atoms with van der Waals surface area (Å²) in [5.41, 5.74) is -0.718. The number of benzene rings is 1. The van der Waals surface area contributed by atoms with Crippen LogP contribution in [0.1, 0.15) is 64.3 Å². The molecule has 0 aliphatic heterocycles. The molecule has 3 heterocycles. The molecular formula is C26H27ClFN5O4S. The Labute approximate surface area is 223 Å². The van der Waals surface area contributed by atoms with Gasteiger partial charge in [-0.05, 0) is 36.5 Å². The molecule has 4 aromatic rings. The summed E-state index contributed by atoms with van der Waals surface area (Å²) in [4.78, 5) is 41.8. The molecule has 0 bridgehead atoms. The van der Waals surface area contributed by atoms with E-state index >= 15 is 0 Å². The topological polar surface area (TPSA) is 128 Å². The first-order valence-corrected chi connectivity index (χ1v) is 14.2. The van der Waals surface area contributed by atoms with E-state index in [1.165, 1.54) is 24.3 Å². The molecule has 0 amide bonds. The lowest BCUT2D eigenvalue weighted by Crippen LogP contribution is -2.32. The van der Waals surface area contributed by atoms with Crippen molar-refractivity contribution < 1.29 is 12.8 Å². The SMILES string of the molecule is CCCS(=O)(=O)c1nc(C(C)C)c(-n2c(=O)[nH]c(=O)c3cc(Cl)c(-c4ccccc4F)nc32)c(C(C)C)n1. The molecule has 4 rings (SSSR count). The molecule has 12 heteroatoms. The number of nitrogens with one attached hydrogen (secondary N) is 1. The van der Waals surface area contributed by atoms with E-state index < -0.39 is 26.9 Å². The predicted molar refractivity (Wildman–Crippen MR) is 144 cm³/mol. The second kappa shape index (κ2) is 10.4. The Bertz CT molecular complexity index is 1750. The molecule has 0 saturated carbocycles. The molecule has 200 valence electrons. The fourth-order valence-corrected chi connectivity index (χ4v) is 5.63. The smallest absolute Gasteiger partial charge is 0.273 e. The van der Waals surface area contributed by atoms with Gasteiger partial charge in [-0.1, -0.05) is 58.4 Å². The third-order valence-corrected chi connectivity index (χ3v) is 7.92. The fraction of sp³-hybridized carbons (Fsp3) is 0.346. The summed E-state index contributed by atoms with van der Waals surface area (Å²) in [6, 6.07) is 7.19. The molecular weight excluding hydrogens is 533 g/mol. The highest BCUT2D eigenvalue weighted by Gasteiger charge is 2.28. The van der Waals surface area contributed by atoms with Crippen LogP contribution in [0.25, 0.3) is 28.0 Å². The molecule has 0 atom stereocenters. The fourth-order valence-electron chi connectivity index (χ4n) is 4.18. The maximum Gasteiger partial charge on any atom is 0.334 e. The van der Waals surface area contributed by atoms with E-state index in [1.807, 2.05) is 0 Å². The van der Waals surface area contributed by atoms with E-state index in [2.05, 4.69) is 19.9 Å². The lowest BCUT2D eigenvalue weighted by molar-refractivity contribution is 0.579. The van der Waals surface area contributed by atoms with Crippen LogP contribution in [0.2, 0.25) is 5.02 Å². The summed E-state index contributed by atoms with van der Waals surface area (Å²) in [5.74, 6) is -1.39. The summed E-state index contributed by atoms with van der Waals surface area (Å²) in [6.07, 6.45) is 0.384. The van der Waals surface area contributed by atoms with Crippen molar-refractivity contribution in [3.8, 4) is 16.9 Å². The Balaban J connectivity index is 2.20. The van der Waals surface area contributed by atoms with E-state index in [9.17, 15) is 22.4 Å². The van der Waals surface area contributed by atoms with Gasteiger partial charge in [0.2, 0.25) is 15.0 Å². The average molecular weight is 560 g/mol. The summed E-state index contributed by atoms with van der Waals surface area (Å²) in [7, 11) is -3.78. The molecule has 1 N–H and O–H groups in total. The van der Waals surface area contributed by atoms with Crippen molar-refractivity contribution in [2.24, 2.45) is 0 Å². The Morgan fingerprint density at radius 3 is 2.18 bits per heavy atom. The predicted octanol–water partition coefficient (Wildman–Crippen LogP) is 4.75. The minimum absolute atomic E-state index is 0.0122.